The fourth-order valence-corrected chi connectivity index (χ4v) is 0.821. The normalized spacial score (nSPS) is 9.67. The third kappa shape index (κ3) is 1.52. The highest BCUT2D eigenvalue weighted by Gasteiger charge is 1.93. The zero-order valence-electron chi connectivity index (χ0n) is 5.40. The molecule has 0 aromatic carbocycles. The number of halogens is 1. The average molecular weight is 185 g/mol. The summed E-state index contributed by atoms with van der Waals surface area (Å²) in [5.41, 5.74) is 2.01. The van der Waals surface area contributed by atoms with Gasteiger partial charge in [0.1, 0.15) is 0 Å². The molecule has 0 amide bonds. The number of aromatic nitrogens is 1. The van der Waals surface area contributed by atoms with Crippen LogP contribution in [0.5, 0.6) is 0 Å². The maximum atomic E-state index is 4.20. The zero-order chi connectivity index (χ0) is 6.85. The molecule has 0 aliphatic heterocycles. The second kappa shape index (κ2) is 2.48. The fraction of sp³-hybridized carbons (Fsp3) is 0.286. The molecular weight excluding hydrogens is 178 g/mol. The van der Waals surface area contributed by atoms with Crippen LogP contribution in [0, 0.1) is 19.9 Å². The van der Waals surface area contributed by atoms with Crippen LogP contribution in [0.3, 0.4) is 0 Å². The quantitative estimate of drug-likeness (QED) is 0.604. The highest BCUT2D eigenvalue weighted by atomic mass is 79.9. The van der Waals surface area contributed by atoms with E-state index in [9.17, 15) is 0 Å². The summed E-state index contributed by atoms with van der Waals surface area (Å²) in [6.07, 6.45) is 0. The maximum Gasteiger partial charge on any atom is 0.0524 e. The van der Waals surface area contributed by atoms with Gasteiger partial charge in [-0.3, -0.25) is 4.98 Å². The Morgan fingerprint density at radius 3 is 2.67 bits per heavy atom. The third-order valence-electron chi connectivity index (χ3n) is 1.07. The maximum absolute atomic E-state index is 4.20. The Balaban J connectivity index is 3.17. The number of nitrogens with zero attached hydrogens (tertiary/aromatic N) is 1. The molecule has 1 heterocycles. The van der Waals surface area contributed by atoms with Gasteiger partial charge in [-0.15, -0.1) is 0 Å². The third-order valence-corrected chi connectivity index (χ3v) is 1.87. The first-order valence-electron chi connectivity index (χ1n) is 2.71. The van der Waals surface area contributed by atoms with Crippen LogP contribution in [0.25, 0.3) is 0 Å². The van der Waals surface area contributed by atoms with Gasteiger partial charge in [0.2, 0.25) is 0 Å². The lowest BCUT2D eigenvalue weighted by molar-refractivity contribution is 1.11. The van der Waals surface area contributed by atoms with Gasteiger partial charge >= 0.3 is 0 Å². The van der Waals surface area contributed by atoms with E-state index in [4.69, 9.17) is 0 Å². The molecule has 0 saturated heterocycles. The summed E-state index contributed by atoms with van der Waals surface area (Å²) in [4.78, 5) is 4.20. The molecule has 0 atom stereocenters. The van der Waals surface area contributed by atoms with Crippen molar-refractivity contribution in [1.82, 2.24) is 4.98 Å². The highest BCUT2D eigenvalue weighted by Crippen LogP contribution is 2.11. The van der Waals surface area contributed by atoms with E-state index < -0.39 is 0 Å². The smallest absolute Gasteiger partial charge is 0.0524 e. The average Bonchev–Trinajstić information content (AvgIpc) is 1.80. The van der Waals surface area contributed by atoms with Gasteiger partial charge in [0.05, 0.1) is 5.69 Å². The minimum atomic E-state index is 0.952. The molecule has 9 heavy (non-hydrogen) atoms. The molecule has 47 valence electrons. The first kappa shape index (κ1) is 6.75. The van der Waals surface area contributed by atoms with Crippen molar-refractivity contribution in [3.63, 3.8) is 0 Å². The van der Waals surface area contributed by atoms with Gasteiger partial charge in [0.25, 0.3) is 0 Å². The van der Waals surface area contributed by atoms with Gasteiger partial charge in [-0.25, -0.2) is 0 Å². The zero-order valence-corrected chi connectivity index (χ0v) is 6.99. The Labute approximate surface area is 63.2 Å². The summed E-state index contributed by atoms with van der Waals surface area (Å²) in [6, 6.07) is 4.88. The van der Waals surface area contributed by atoms with E-state index in [1.807, 2.05) is 19.9 Å². The van der Waals surface area contributed by atoms with Crippen LogP contribution < -0.4 is 0 Å². The second-order valence-corrected chi connectivity index (χ2v) is 2.73. The van der Waals surface area contributed by atoms with Crippen LogP contribution in [-0.4, -0.2) is 4.98 Å². The van der Waals surface area contributed by atoms with E-state index in [1.54, 1.807) is 0 Å². The molecule has 1 radical (unpaired) electrons. The SMILES string of the molecule is Cc1c[c]c(Br)c(C)n1. The van der Waals surface area contributed by atoms with Crippen molar-refractivity contribution in [2.75, 3.05) is 0 Å². The van der Waals surface area contributed by atoms with Crippen LogP contribution in [0.4, 0.5) is 0 Å². The number of hydrogen-bond donors (Lipinski definition) is 0. The summed E-state index contributed by atoms with van der Waals surface area (Å²) in [6.45, 7) is 3.91. The number of hydrogen-bond acceptors (Lipinski definition) is 1. The number of pyridine rings is 1. The Morgan fingerprint density at radius 1 is 1.56 bits per heavy atom. The molecule has 0 unspecified atom stereocenters. The molecule has 0 saturated carbocycles. The molecule has 0 aliphatic carbocycles. The van der Waals surface area contributed by atoms with Crippen molar-refractivity contribution in [1.29, 1.82) is 0 Å². The molecule has 2 heteroatoms. The molecule has 1 rings (SSSR count). The summed E-state index contributed by atoms with van der Waals surface area (Å²) >= 11 is 3.31. The largest absolute Gasteiger partial charge is 0.257 e. The van der Waals surface area contributed by atoms with Crippen molar-refractivity contribution < 1.29 is 0 Å². The van der Waals surface area contributed by atoms with Gasteiger partial charge in [0.15, 0.2) is 0 Å². The molecule has 0 aliphatic rings. The van der Waals surface area contributed by atoms with Crippen molar-refractivity contribution >= 4 is 15.9 Å². The molecule has 1 aromatic rings. The molecule has 0 N–H and O–H groups in total. The second-order valence-electron chi connectivity index (χ2n) is 1.94. The number of rotatable bonds is 0. The Bertz CT molecular complexity index is 220. The first-order chi connectivity index (χ1) is 4.20. The predicted molar refractivity (Wildman–Crippen MR) is 40.2 cm³/mol. The first-order valence-corrected chi connectivity index (χ1v) is 3.51. The molecule has 0 fully saturated rings. The lowest BCUT2D eigenvalue weighted by Gasteiger charge is -1.95. The van der Waals surface area contributed by atoms with Crippen LogP contribution in [-0.2, 0) is 0 Å². The van der Waals surface area contributed by atoms with Crippen molar-refractivity contribution in [3.8, 4) is 0 Å². The molecule has 0 spiro atoms. The van der Waals surface area contributed by atoms with E-state index in [-0.39, 0.29) is 0 Å². The highest BCUT2D eigenvalue weighted by molar-refractivity contribution is 9.10. The fourth-order valence-electron chi connectivity index (χ4n) is 0.618. The van der Waals surface area contributed by atoms with E-state index in [0.717, 1.165) is 15.9 Å². The van der Waals surface area contributed by atoms with E-state index in [1.165, 1.54) is 0 Å². The van der Waals surface area contributed by atoms with Gasteiger partial charge in [-0.1, -0.05) is 0 Å². The van der Waals surface area contributed by atoms with Gasteiger partial charge in [-0.05, 0) is 35.8 Å². The van der Waals surface area contributed by atoms with Crippen molar-refractivity contribution in [2.45, 2.75) is 13.8 Å². The van der Waals surface area contributed by atoms with Gasteiger partial charge < -0.3 is 0 Å². The summed E-state index contributed by atoms with van der Waals surface area (Å²) in [7, 11) is 0. The van der Waals surface area contributed by atoms with Crippen LogP contribution >= 0.6 is 15.9 Å². The van der Waals surface area contributed by atoms with Crippen LogP contribution in [0.1, 0.15) is 11.4 Å². The van der Waals surface area contributed by atoms with Gasteiger partial charge in [0, 0.05) is 16.2 Å². The van der Waals surface area contributed by atoms with E-state index >= 15 is 0 Å². The topological polar surface area (TPSA) is 12.9 Å². The standard InChI is InChI=1S/C7H7BrN/c1-5-3-4-7(8)6(2)9-5/h3H,1-2H3. The Hall–Kier alpha value is -0.370. The molecule has 1 aromatic heterocycles. The van der Waals surface area contributed by atoms with E-state index in [0.29, 0.717) is 0 Å². The Morgan fingerprint density at radius 2 is 2.22 bits per heavy atom. The number of aryl methyl sites for hydroxylation is 2. The van der Waals surface area contributed by atoms with Crippen molar-refractivity contribution in [3.05, 3.63) is 28.0 Å². The lowest BCUT2D eigenvalue weighted by atomic mass is 10.3. The summed E-state index contributed by atoms with van der Waals surface area (Å²) in [5.74, 6) is 0. The van der Waals surface area contributed by atoms with Gasteiger partial charge in [-0.2, -0.15) is 0 Å². The summed E-state index contributed by atoms with van der Waals surface area (Å²) < 4.78 is 0.952. The van der Waals surface area contributed by atoms with Crippen LogP contribution in [0.2, 0.25) is 0 Å². The monoisotopic (exact) mass is 184 g/mol. The minimum Gasteiger partial charge on any atom is -0.257 e. The molecular formula is C7H7BrN. The summed E-state index contributed by atoms with van der Waals surface area (Å²) in [5, 5.41) is 0. The molecule has 0 bridgehead atoms. The van der Waals surface area contributed by atoms with Crippen LogP contribution in [0.15, 0.2) is 10.5 Å². The van der Waals surface area contributed by atoms with Crippen molar-refractivity contribution in [2.24, 2.45) is 0 Å². The molecule has 1 nitrogen and oxygen atoms in total. The predicted octanol–water partition coefficient (Wildman–Crippen LogP) is 2.26. The van der Waals surface area contributed by atoms with E-state index in [2.05, 4.69) is 27.0 Å². The lowest BCUT2D eigenvalue weighted by Crippen LogP contribution is -1.85. The Kier molecular flexibility index (Phi) is 1.86. The minimum absolute atomic E-state index is 0.952.